The molecule has 46 valence electrons. The normalized spacial score (nSPS) is 13.0. The molecule has 0 aliphatic carbocycles. The highest BCUT2D eigenvalue weighted by atomic mass is 14.9. The van der Waals surface area contributed by atoms with E-state index in [1.807, 2.05) is 6.92 Å². The van der Waals surface area contributed by atoms with E-state index in [9.17, 15) is 0 Å². The van der Waals surface area contributed by atoms with Gasteiger partial charge in [-0.05, 0) is 0 Å². The van der Waals surface area contributed by atoms with Crippen molar-refractivity contribution in [2.45, 2.75) is 13.3 Å². The van der Waals surface area contributed by atoms with Crippen LogP contribution in [0.25, 0.3) is 0 Å². The van der Waals surface area contributed by atoms with Gasteiger partial charge in [-0.15, -0.1) is 0 Å². The topological polar surface area (TPSA) is 50.7 Å². The summed E-state index contributed by atoms with van der Waals surface area (Å²) in [5.74, 6) is 0.785. The van der Waals surface area contributed by atoms with E-state index in [1.165, 1.54) is 6.34 Å². The maximum atomic E-state index is 5.01. The summed E-state index contributed by atoms with van der Waals surface area (Å²) in [6.07, 6.45) is 2.09. The molecule has 0 fully saturated rings. The van der Waals surface area contributed by atoms with Crippen LogP contribution in [0.5, 0.6) is 0 Å². The first kappa shape index (κ1) is 7.14. The van der Waals surface area contributed by atoms with E-state index in [4.69, 9.17) is 5.73 Å². The van der Waals surface area contributed by atoms with Crippen LogP contribution in [-0.2, 0) is 0 Å². The molecule has 0 spiro atoms. The molecule has 0 heterocycles. The number of amidine groups is 1. The smallest absolute Gasteiger partial charge is 0.124 e. The van der Waals surface area contributed by atoms with Gasteiger partial charge >= 0.3 is 0 Å². The van der Waals surface area contributed by atoms with E-state index in [0.717, 1.165) is 12.3 Å². The number of nitrogens with zero attached hydrogens (tertiary/aromatic N) is 2. The van der Waals surface area contributed by atoms with Gasteiger partial charge in [0.25, 0.3) is 0 Å². The second kappa shape index (κ2) is 4.30. The van der Waals surface area contributed by atoms with Gasteiger partial charge in [0.1, 0.15) is 5.84 Å². The van der Waals surface area contributed by atoms with Crippen molar-refractivity contribution in [3.63, 3.8) is 0 Å². The Morgan fingerprint density at radius 2 is 2.38 bits per heavy atom. The number of hydrogen-bond donors (Lipinski definition) is 1. The van der Waals surface area contributed by atoms with Crippen LogP contribution >= 0.6 is 0 Å². The first-order valence-electron chi connectivity index (χ1n) is 2.55. The van der Waals surface area contributed by atoms with Crippen LogP contribution in [0.3, 0.4) is 0 Å². The fourth-order valence-electron chi connectivity index (χ4n) is 0.393. The van der Waals surface area contributed by atoms with Gasteiger partial charge in [0.15, 0.2) is 0 Å². The SMILES string of the molecule is CCC(N=CN)=NC. The van der Waals surface area contributed by atoms with Crippen LogP contribution in [0, 0.1) is 0 Å². The molecule has 0 aliphatic heterocycles. The second-order valence-corrected chi connectivity index (χ2v) is 1.27. The van der Waals surface area contributed by atoms with Crippen molar-refractivity contribution in [3.8, 4) is 0 Å². The summed E-state index contributed by atoms with van der Waals surface area (Å²) in [5, 5.41) is 0. The lowest BCUT2D eigenvalue weighted by molar-refractivity contribution is 1.21. The molecule has 0 aromatic carbocycles. The molecule has 0 aromatic heterocycles. The van der Waals surface area contributed by atoms with Gasteiger partial charge < -0.3 is 5.73 Å². The zero-order chi connectivity index (χ0) is 6.41. The van der Waals surface area contributed by atoms with Gasteiger partial charge in [0.05, 0.1) is 6.34 Å². The molecule has 0 amide bonds. The minimum absolute atomic E-state index is 0.785. The van der Waals surface area contributed by atoms with Crippen LogP contribution in [0.15, 0.2) is 9.98 Å². The largest absolute Gasteiger partial charge is 0.390 e. The van der Waals surface area contributed by atoms with Crippen molar-refractivity contribution in [2.24, 2.45) is 15.7 Å². The Morgan fingerprint density at radius 3 is 2.50 bits per heavy atom. The fourth-order valence-corrected chi connectivity index (χ4v) is 0.393. The summed E-state index contributed by atoms with van der Waals surface area (Å²) in [4.78, 5) is 7.60. The Labute approximate surface area is 49.3 Å². The summed E-state index contributed by atoms with van der Waals surface area (Å²) in [7, 11) is 1.70. The van der Waals surface area contributed by atoms with Crippen molar-refractivity contribution in [3.05, 3.63) is 0 Å². The zero-order valence-electron chi connectivity index (χ0n) is 5.26. The molecule has 0 aliphatic rings. The lowest BCUT2D eigenvalue weighted by atomic mass is 10.4. The molecule has 0 unspecified atom stereocenters. The summed E-state index contributed by atoms with van der Waals surface area (Å²) < 4.78 is 0. The molecule has 3 heteroatoms. The molecule has 2 N–H and O–H groups in total. The standard InChI is InChI=1S/C5H11N3/c1-3-5(7-2)8-4-6/h4H,3H2,1-2H3,(H2,6,7,8). The molecule has 0 atom stereocenters. The average Bonchev–Trinajstić information content (AvgIpc) is 1.83. The van der Waals surface area contributed by atoms with Gasteiger partial charge in [-0.2, -0.15) is 0 Å². The van der Waals surface area contributed by atoms with E-state index in [2.05, 4.69) is 9.98 Å². The molecular weight excluding hydrogens is 102 g/mol. The number of hydrogen-bond acceptors (Lipinski definition) is 1. The van der Waals surface area contributed by atoms with Crippen LogP contribution in [-0.4, -0.2) is 19.2 Å². The molecule has 0 aromatic rings. The molecule has 3 nitrogen and oxygen atoms in total. The molecular formula is C5H11N3. The Hall–Kier alpha value is -0.860. The monoisotopic (exact) mass is 113 g/mol. The quantitative estimate of drug-likeness (QED) is 0.388. The van der Waals surface area contributed by atoms with Crippen molar-refractivity contribution in [1.82, 2.24) is 0 Å². The highest BCUT2D eigenvalue weighted by Gasteiger charge is 1.83. The van der Waals surface area contributed by atoms with E-state index in [0.29, 0.717) is 0 Å². The maximum absolute atomic E-state index is 5.01. The summed E-state index contributed by atoms with van der Waals surface area (Å²) >= 11 is 0. The Bertz CT molecular complexity index is 101. The first-order chi connectivity index (χ1) is 3.85. The summed E-state index contributed by atoms with van der Waals surface area (Å²) in [5.41, 5.74) is 5.01. The van der Waals surface area contributed by atoms with Gasteiger partial charge in [0, 0.05) is 13.5 Å². The van der Waals surface area contributed by atoms with Crippen LogP contribution in [0.4, 0.5) is 0 Å². The lowest BCUT2D eigenvalue weighted by Gasteiger charge is -1.88. The second-order valence-electron chi connectivity index (χ2n) is 1.27. The summed E-state index contributed by atoms with van der Waals surface area (Å²) in [6, 6.07) is 0. The minimum atomic E-state index is 0.785. The predicted octanol–water partition coefficient (Wildman–Crippen LogP) is 0.412. The van der Waals surface area contributed by atoms with Crippen LogP contribution in [0.1, 0.15) is 13.3 Å². The average molecular weight is 113 g/mol. The van der Waals surface area contributed by atoms with E-state index in [-0.39, 0.29) is 0 Å². The third-order valence-corrected chi connectivity index (χ3v) is 0.798. The van der Waals surface area contributed by atoms with Crippen LogP contribution < -0.4 is 5.73 Å². The zero-order valence-corrected chi connectivity index (χ0v) is 5.26. The van der Waals surface area contributed by atoms with E-state index in [1.54, 1.807) is 7.05 Å². The fraction of sp³-hybridized carbons (Fsp3) is 0.600. The van der Waals surface area contributed by atoms with Crippen molar-refractivity contribution in [2.75, 3.05) is 7.05 Å². The third-order valence-electron chi connectivity index (χ3n) is 0.798. The predicted molar refractivity (Wildman–Crippen MR) is 36.3 cm³/mol. The van der Waals surface area contributed by atoms with Crippen LogP contribution in [0.2, 0.25) is 0 Å². The molecule has 0 saturated carbocycles. The van der Waals surface area contributed by atoms with Gasteiger partial charge in [-0.1, -0.05) is 6.92 Å². The van der Waals surface area contributed by atoms with Crippen molar-refractivity contribution < 1.29 is 0 Å². The van der Waals surface area contributed by atoms with Crippen molar-refractivity contribution >= 4 is 12.2 Å². The van der Waals surface area contributed by atoms with Gasteiger partial charge in [-0.25, -0.2) is 4.99 Å². The highest BCUT2D eigenvalue weighted by molar-refractivity contribution is 5.88. The maximum Gasteiger partial charge on any atom is 0.124 e. The third kappa shape index (κ3) is 2.34. The number of nitrogens with two attached hydrogens (primary N) is 1. The van der Waals surface area contributed by atoms with E-state index < -0.39 is 0 Å². The highest BCUT2D eigenvalue weighted by Crippen LogP contribution is 1.83. The Balaban J connectivity index is 3.72. The minimum Gasteiger partial charge on any atom is -0.390 e. The van der Waals surface area contributed by atoms with Gasteiger partial charge in [-0.3, -0.25) is 4.99 Å². The first-order valence-corrected chi connectivity index (χ1v) is 2.55. The number of aliphatic imine (C=N–C) groups is 2. The Kier molecular flexibility index (Phi) is 3.84. The molecule has 0 bridgehead atoms. The Morgan fingerprint density at radius 1 is 1.75 bits per heavy atom. The summed E-state index contributed by atoms with van der Waals surface area (Å²) in [6.45, 7) is 1.98. The molecule has 0 radical (unpaired) electrons. The number of rotatable bonds is 1. The van der Waals surface area contributed by atoms with Crippen molar-refractivity contribution in [1.29, 1.82) is 0 Å². The molecule has 8 heavy (non-hydrogen) atoms. The molecule has 0 rings (SSSR count). The molecule has 0 saturated heterocycles. The van der Waals surface area contributed by atoms with Gasteiger partial charge in [0.2, 0.25) is 0 Å². The van der Waals surface area contributed by atoms with E-state index >= 15 is 0 Å². The lowest BCUT2D eigenvalue weighted by Crippen LogP contribution is -1.96.